The van der Waals surface area contributed by atoms with E-state index in [4.69, 9.17) is 0 Å². The van der Waals surface area contributed by atoms with Crippen LogP contribution in [0.15, 0.2) is 14.1 Å². The van der Waals surface area contributed by atoms with Crippen LogP contribution in [-0.4, -0.2) is 19.3 Å². The van der Waals surface area contributed by atoms with Gasteiger partial charge in [0.1, 0.15) is 4.21 Å². The molecular formula is C12H17Br2NO2S2. The molecule has 0 atom stereocenters. The molecule has 2 rings (SSSR count). The molecule has 0 radical (unpaired) electrons. The van der Waals surface area contributed by atoms with Crippen molar-refractivity contribution in [3.8, 4) is 0 Å². The second-order valence-corrected chi connectivity index (χ2v) is 9.94. The van der Waals surface area contributed by atoms with Crippen LogP contribution in [0.3, 0.4) is 0 Å². The fourth-order valence-electron chi connectivity index (χ4n) is 2.39. The van der Waals surface area contributed by atoms with Gasteiger partial charge in [0.25, 0.3) is 10.0 Å². The molecule has 1 heterocycles. The Balaban J connectivity index is 2.24. The Bertz CT molecular complexity index is 529. The van der Waals surface area contributed by atoms with Crippen LogP contribution in [0.1, 0.15) is 37.7 Å². The predicted octanol–water partition coefficient (Wildman–Crippen LogP) is 4.20. The zero-order chi connectivity index (χ0) is 14.1. The van der Waals surface area contributed by atoms with E-state index >= 15 is 0 Å². The van der Waals surface area contributed by atoms with Crippen LogP contribution in [0.25, 0.3) is 0 Å². The van der Waals surface area contributed by atoms with Gasteiger partial charge in [-0.25, -0.2) is 13.1 Å². The molecule has 1 aliphatic carbocycles. The van der Waals surface area contributed by atoms with E-state index in [2.05, 4.69) is 36.6 Å². The standard InChI is InChI=1S/C12H17Br2NO2S2/c1-9-7-10(18-11(9)14)19(16,17)15-12(8-13)5-3-2-4-6-12/h7,15H,2-6,8H2,1H3. The number of hydrogen-bond acceptors (Lipinski definition) is 3. The average Bonchev–Trinajstić information content (AvgIpc) is 2.71. The highest BCUT2D eigenvalue weighted by Gasteiger charge is 2.36. The Kier molecular flexibility index (Phi) is 5.15. The molecule has 1 N–H and O–H groups in total. The lowest BCUT2D eigenvalue weighted by Crippen LogP contribution is -2.50. The lowest BCUT2D eigenvalue weighted by Gasteiger charge is -2.36. The zero-order valence-electron chi connectivity index (χ0n) is 10.7. The number of aryl methyl sites for hydroxylation is 1. The summed E-state index contributed by atoms with van der Waals surface area (Å²) in [5.41, 5.74) is 0.642. The van der Waals surface area contributed by atoms with Crippen LogP contribution in [0.5, 0.6) is 0 Å². The molecule has 0 amide bonds. The lowest BCUT2D eigenvalue weighted by molar-refractivity contribution is 0.301. The van der Waals surface area contributed by atoms with Gasteiger partial charge in [-0.15, -0.1) is 11.3 Å². The minimum atomic E-state index is -3.42. The van der Waals surface area contributed by atoms with E-state index in [9.17, 15) is 8.42 Å². The van der Waals surface area contributed by atoms with E-state index in [0.29, 0.717) is 9.54 Å². The summed E-state index contributed by atoms with van der Waals surface area (Å²) in [6, 6.07) is 1.72. The van der Waals surface area contributed by atoms with Crippen LogP contribution < -0.4 is 4.72 Å². The minimum Gasteiger partial charge on any atom is -0.206 e. The quantitative estimate of drug-likeness (QED) is 0.727. The maximum Gasteiger partial charge on any atom is 0.250 e. The third-order valence-corrected chi connectivity index (χ3v) is 8.78. The Labute approximate surface area is 135 Å². The van der Waals surface area contributed by atoms with Crippen LogP contribution in [-0.2, 0) is 10.0 Å². The maximum absolute atomic E-state index is 12.5. The second-order valence-electron chi connectivity index (χ2n) is 5.10. The molecule has 1 saturated carbocycles. The summed E-state index contributed by atoms with van der Waals surface area (Å²) in [6.07, 6.45) is 5.18. The van der Waals surface area contributed by atoms with Gasteiger partial charge in [-0.05, 0) is 47.3 Å². The predicted molar refractivity (Wildman–Crippen MR) is 86.7 cm³/mol. The van der Waals surface area contributed by atoms with Crippen molar-refractivity contribution in [3.63, 3.8) is 0 Å². The second kappa shape index (κ2) is 6.13. The van der Waals surface area contributed by atoms with Crippen molar-refractivity contribution in [2.75, 3.05) is 5.33 Å². The summed E-state index contributed by atoms with van der Waals surface area (Å²) in [4.78, 5) is 0. The van der Waals surface area contributed by atoms with Crippen molar-refractivity contribution < 1.29 is 8.42 Å². The monoisotopic (exact) mass is 429 g/mol. The summed E-state index contributed by atoms with van der Waals surface area (Å²) < 4.78 is 29.2. The van der Waals surface area contributed by atoms with E-state index in [1.54, 1.807) is 6.07 Å². The van der Waals surface area contributed by atoms with Crippen molar-refractivity contribution in [2.24, 2.45) is 0 Å². The Hall–Kier alpha value is 0.570. The van der Waals surface area contributed by atoms with Crippen molar-refractivity contribution in [3.05, 3.63) is 15.4 Å². The van der Waals surface area contributed by atoms with Crippen molar-refractivity contribution in [1.29, 1.82) is 0 Å². The zero-order valence-corrected chi connectivity index (χ0v) is 15.5. The smallest absolute Gasteiger partial charge is 0.206 e. The first kappa shape index (κ1) is 15.9. The number of hydrogen-bond donors (Lipinski definition) is 1. The first-order valence-corrected chi connectivity index (χ1v) is 10.5. The Morgan fingerprint density at radius 1 is 1.37 bits per heavy atom. The topological polar surface area (TPSA) is 46.2 Å². The number of rotatable bonds is 4. The molecule has 3 nitrogen and oxygen atoms in total. The Morgan fingerprint density at radius 2 is 2.00 bits per heavy atom. The van der Waals surface area contributed by atoms with Crippen LogP contribution in [0.4, 0.5) is 0 Å². The summed E-state index contributed by atoms with van der Waals surface area (Å²) in [5, 5.41) is 0.671. The molecule has 1 fully saturated rings. The van der Waals surface area contributed by atoms with E-state index in [1.165, 1.54) is 17.8 Å². The van der Waals surface area contributed by atoms with Gasteiger partial charge in [-0.1, -0.05) is 35.2 Å². The number of halogens is 2. The maximum atomic E-state index is 12.5. The first-order valence-electron chi connectivity index (χ1n) is 6.24. The molecule has 0 aromatic carbocycles. The minimum absolute atomic E-state index is 0.318. The van der Waals surface area contributed by atoms with E-state index in [-0.39, 0.29) is 5.54 Å². The fourth-order valence-corrected chi connectivity index (χ4v) is 6.96. The van der Waals surface area contributed by atoms with Crippen LogP contribution in [0, 0.1) is 6.92 Å². The fraction of sp³-hybridized carbons (Fsp3) is 0.667. The van der Waals surface area contributed by atoms with Crippen molar-refractivity contribution in [2.45, 2.75) is 48.8 Å². The highest BCUT2D eigenvalue weighted by atomic mass is 79.9. The van der Waals surface area contributed by atoms with Crippen molar-refractivity contribution >= 4 is 53.2 Å². The summed E-state index contributed by atoms with van der Waals surface area (Å²) in [6.45, 7) is 1.90. The molecule has 1 aromatic heterocycles. The molecule has 1 aliphatic rings. The van der Waals surface area contributed by atoms with Crippen molar-refractivity contribution in [1.82, 2.24) is 4.72 Å². The molecule has 0 saturated heterocycles. The average molecular weight is 431 g/mol. The van der Waals surface area contributed by atoms with Crippen LogP contribution >= 0.6 is 43.2 Å². The summed E-state index contributed by atoms with van der Waals surface area (Å²) in [5.74, 6) is 0. The van der Waals surface area contributed by atoms with Gasteiger partial charge in [0.05, 0.1) is 3.79 Å². The molecule has 0 spiro atoms. The third kappa shape index (κ3) is 3.61. The summed E-state index contributed by atoms with van der Waals surface area (Å²) >= 11 is 8.13. The number of thiophene rings is 1. The van der Waals surface area contributed by atoms with Gasteiger partial charge in [0.15, 0.2) is 0 Å². The molecule has 1 aromatic rings. The molecular weight excluding hydrogens is 414 g/mol. The van der Waals surface area contributed by atoms with Gasteiger partial charge in [-0.2, -0.15) is 0 Å². The SMILES string of the molecule is Cc1cc(S(=O)(=O)NC2(CBr)CCCCC2)sc1Br. The molecule has 0 unspecified atom stereocenters. The normalized spacial score (nSPS) is 19.5. The largest absolute Gasteiger partial charge is 0.250 e. The van der Waals surface area contributed by atoms with E-state index < -0.39 is 10.0 Å². The molecule has 108 valence electrons. The summed E-state index contributed by atoms with van der Waals surface area (Å²) in [7, 11) is -3.42. The number of sulfonamides is 1. The van der Waals surface area contributed by atoms with Gasteiger partial charge >= 0.3 is 0 Å². The molecule has 0 bridgehead atoms. The lowest BCUT2D eigenvalue weighted by atomic mass is 9.84. The van der Waals surface area contributed by atoms with Gasteiger partial charge < -0.3 is 0 Å². The Morgan fingerprint density at radius 3 is 2.47 bits per heavy atom. The molecule has 0 aliphatic heterocycles. The molecule has 7 heteroatoms. The number of alkyl halides is 1. The highest BCUT2D eigenvalue weighted by Crippen LogP contribution is 2.34. The molecule has 19 heavy (non-hydrogen) atoms. The first-order chi connectivity index (χ1) is 8.88. The van der Waals surface area contributed by atoms with Gasteiger partial charge in [0, 0.05) is 10.9 Å². The van der Waals surface area contributed by atoms with E-state index in [1.807, 2.05) is 6.92 Å². The highest BCUT2D eigenvalue weighted by molar-refractivity contribution is 9.11. The number of nitrogens with one attached hydrogen (secondary N) is 1. The van der Waals surface area contributed by atoms with E-state index in [0.717, 1.165) is 35.0 Å². The van der Waals surface area contributed by atoms with Gasteiger partial charge in [-0.3, -0.25) is 0 Å². The van der Waals surface area contributed by atoms with Gasteiger partial charge in [0.2, 0.25) is 0 Å². The van der Waals surface area contributed by atoms with Crippen LogP contribution in [0.2, 0.25) is 0 Å². The third-order valence-electron chi connectivity index (χ3n) is 3.52.